The summed E-state index contributed by atoms with van der Waals surface area (Å²) in [6.45, 7) is 7.46. The number of carbonyl (C=O) groups is 1. The van der Waals surface area contributed by atoms with E-state index in [0.717, 1.165) is 6.04 Å². The number of carbonyl (C=O) groups excluding carboxylic acids is 1. The van der Waals surface area contributed by atoms with Crippen LogP contribution in [0.5, 0.6) is 0 Å². The molecule has 0 fully saturated rings. The minimum absolute atomic E-state index is 0. The van der Waals surface area contributed by atoms with Crippen LogP contribution >= 0.6 is 0 Å². The minimum atomic E-state index is -1.34. The molecule has 1 aromatic rings. The van der Waals surface area contributed by atoms with E-state index in [1.54, 1.807) is 0 Å². The molecule has 1 aromatic heterocycles. The molecule has 1 rings (SSSR count). The van der Waals surface area contributed by atoms with E-state index in [9.17, 15) is 9.90 Å². The Morgan fingerprint density at radius 3 is 2.71 bits per heavy atom. The fourth-order valence-electron chi connectivity index (χ4n) is 1.05. The first-order valence-corrected chi connectivity index (χ1v) is 8.78. The first-order valence-electron chi connectivity index (χ1n) is 5.07. The molecule has 1 heterocycles. The van der Waals surface area contributed by atoms with Crippen LogP contribution < -0.4 is 56.5 Å². The number of rotatable bonds is 6. The normalized spacial score (nSPS) is 11.0. The molecule has 0 saturated carbocycles. The number of hydrogen-bond donors (Lipinski definition) is 0. The van der Waals surface area contributed by atoms with Gasteiger partial charge in [0.05, 0.1) is 0 Å². The monoisotopic (exact) mass is 281 g/mol. The van der Waals surface area contributed by atoms with Gasteiger partial charge in [0.1, 0.15) is 19.0 Å². The van der Waals surface area contributed by atoms with Crippen LogP contribution in [0, 0.1) is 0 Å². The first kappa shape index (κ1) is 17.4. The quantitative estimate of drug-likeness (QED) is 0.409. The van der Waals surface area contributed by atoms with Crippen LogP contribution in [0.4, 0.5) is 0 Å². The number of aromatic carboxylic acids is 1. The molecule has 0 aliphatic heterocycles. The molecule has 90 valence electrons. The van der Waals surface area contributed by atoms with Gasteiger partial charge in [-0.25, -0.2) is 9.67 Å². The molecule has 0 saturated heterocycles. The van der Waals surface area contributed by atoms with Crippen LogP contribution in [0.25, 0.3) is 0 Å². The fraction of sp³-hybridized carbons (Fsp3) is 0.667. The third kappa shape index (κ3) is 6.79. The summed E-state index contributed by atoms with van der Waals surface area (Å²) in [4.78, 5) is 14.2. The molecule has 0 radical (unpaired) electrons. The Labute approximate surface area is 144 Å². The van der Waals surface area contributed by atoms with Crippen molar-refractivity contribution in [3.05, 3.63) is 12.2 Å². The molecule has 0 unspecified atom stereocenters. The number of carboxylic acid groups (broad SMARTS) is 1. The van der Waals surface area contributed by atoms with Gasteiger partial charge in [-0.15, -0.1) is 0 Å². The number of hydrogen-bond acceptors (Lipinski definition) is 5. The zero-order chi connectivity index (χ0) is 12.2. The average molecular weight is 281 g/mol. The Morgan fingerprint density at radius 1 is 1.53 bits per heavy atom. The van der Waals surface area contributed by atoms with Gasteiger partial charge >= 0.3 is 51.4 Å². The molecule has 0 atom stereocenters. The van der Waals surface area contributed by atoms with Gasteiger partial charge in [-0.3, -0.25) is 0 Å². The summed E-state index contributed by atoms with van der Waals surface area (Å²) in [7, 11) is -1.11. The summed E-state index contributed by atoms with van der Waals surface area (Å²) >= 11 is 0. The number of nitrogens with zero attached hydrogens (tertiary/aromatic N) is 3. The second-order valence-electron chi connectivity index (χ2n) is 4.72. The van der Waals surface area contributed by atoms with Crippen LogP contribution in [0.2, 0.25) is 25.7 Å². The van der Waals surface area contributed by atoms with Gasteiger partial charge in [-0.2, -0.15) is 5.10 Å². The van der Waals surface area contributed by atoms with Gasteiger partial charge in [-0.05, 0) is 6.04 Å². The van der Waals surface area contributed by atoms with E-state index in [1.165, 1.54) is 11.0 Å². The van der Waals surface area contributed by atoms with Crippen molar-refractivity contribution in [2.45, 2.75) is 32.4 Å². The zero-order valence-corrected chi connectivity index (χ0v) is 14.9. The summed E-state index contributed by atoms with van der Waals surface area (Å²) in [5.41, 5.74) is 0. The largest absolute Gasteiger partial charge is 1.00 e. The van der Waals surface area contributed by atoms with Crippen molar-refractivity contribution < 1.29 is 66.0 Å². The predicted molar refractivity (Wildman–Crippen MR) is 58.5 cm³/mol. The van der Waals surface area contributed by atoms with Crippen LogP contribution in [0.1, 0.15) is 10.6 Å². The molecule has 0 spiro atoms. The second-order valence-corrected chi connectivity index (χ2v) is 10.3. The van der Waals surface area contributed by atoms with E-state index < -0.39 is 14.0 Å². The SMILES string of the molecule is C[Si](C)(C)CCOCn1ncnc1C(=O)[O-].[K+]. The van der Waals surface area contributed by atoms with Gasteiger partial charge in [0.15, 0.2) is 5.82 Å². The van der Waals surface area contributed by atoms with Crippen molar-refractivity contribution >= 4 is 14.0 Å². The Bertz CT molecular complexity index is 365. The molecule has 8 heteroatoms. The van der Waals surface area contributed by atoms with Crippen molar-refractivity contribution in [3.8, 4) is 0 Å². The molecule has 0 bridgehead atoms. The summed E-state index contributed by atoms with van der Waals surface area (Å²) in [6, 6.07) is 1.03. The smallest absolute Gasteiger partial charge is 0.542 e. The Hall–Kier alpha value is 0.423. The Balaban J connectivity index is 0.00000256. The van der Waals surface area contributed by atoms with Crippen molar-refractivity contribution in [2.24, 2.45) is 0 Å². The zero-order valence-electron chi connectivity index (χ0n) is 10.8. The van der Waals surface area contributed by atoms with Crippen molar-refractivity contribution in [1.29, 1.82) is 0 Å². The van der Waals surface area contributed by atoms with Crippen LogP contribution in [-0.2, 0) is 11.5 Å². The van der Waals surface area contributed by atoms with Gasteiger partial charge in [0.2, 0.25) is 0 Å². The first-order chi connectivity index (χ1) is 7.40. The predicted octanol–water partition coefficient (Wildman–Crippen LogP) is -3.04. The molecule has 0 aliphatic carbocycles. The molecular weight excluding hydrogens is 265 g/mol. The fourth-order valence-corrected chi connectivity index (χ4v) is 1.80. The minimum Gasteiger partial charge on any atom is -0.542 e. The molecule has 17 heavy (non-hydrogen) atoms. The maximum atomic E-state index is 10.6. The van der Waals surface area contributed by atoms with Gasteiger partial charge in [0.25, 0.3) is 0 Å². The van der Waals surface area contributed by atoms with E-state index in [1.807, 2.05) is 0 Å². The molecule has 0 aromatic carbocycles. The number of ether oxygens (including phenoxy) is 1. The maximum Gasteiger partial charge on any atom is 1.00 e. The number of aromatic nitrogens is 3. The molecular formula is C9H16KN3O3Si. The van der Waals surface area contributed by atoms with Crippen molar-refractivity contribution in [3.63, 3.8) is 0 Å². The molecule has 0 N–H and O–H groups in total. The van der Waals surface area contributed by atoms with E-state index in [2.05, 4.69) is 29.7 Å². The van der Waals surface area contributed by atoms with Crippen LogP contribution in [0.3, 0.4) is 0 Å². The summed E-state index contributed by atoms with van der Waals surface area (Å²) in [5.74, 6) is -1.54. The van der Waals surface area contributed by atoms with Gasteiger partial charge < -0.3 is 14.6 Å². The second kappa shape index (κ2) is 7.77. The molecule has 0 amide bonds. The summed E-state index contributed by atoms with van der Waals surface area (Å²) in [5, 5.41) is 14.3. The third-order valence-corrected chi connectivity index (χ3v) is 3.71. The third-order valence-electron chi connectivity index (χ3n) is 2.01. The van der Waals surface area contributed by atoms with Crippen molar-refractivity contribution in [2.75, 3.05) is 6.61 Å². The topological polar surface area (TPSA) is 80.1 Å². The van der Waals surface area contributed by atoms with E-state index in [-0.39, 0.29) is 63.9 Å². The maximum absolute atomic E-state index is 10.6. The molecule has 0 aliphatic rings. The Morgan fingerprint density at radius 2 is 2.18 bits per heavy atom. The summed E-state index contributed by atoms with van der Waals surface area (Å²) < 4.78 is 6.53. The van der Waals surface area contributed by atoms with Gasteiger partial charge in [-0.1, -0.05) is 19.6 Å². The Kier molecular flexibility index (Phi) is 7.96. The summed E-state index contributed by atoms with van der Waals surface area (Å²) in [6.07, 6.45) is 1.17. The van der Waals surface area contributed by atoms with Crippen LogP contribution in [0.15, 0.2) is 6.33 Å². The van der Waals surface area contributed by atoms with Crippen LogP contribution in [-0.4, -0.2) is 35.4 Å². The average Bonchev–Trinajstić information content (AvgIpc) is 2.58. The van der Waals surface area contributed by atoms with Crippen molar-refractivity contribution in [1.82, 2.24) is 14.8 Å². The van der Waals surface area contributed by atoms with Gasteiger partial charge in [0, 0.05) is 14.7 Å². The van der Waals surface area contributed by atoms with E-state index in [4.69, 9.17) is 4.74 Å². The van der Waals surface area contributed by atoms with E-state index in [0.29, 0.717) is 6.61 Å². The molecule has 6 nitrogen and oxygen atoms in total. The van der Waals surface area contributed by atoms with E-state index >= 15 is 0 Å². The standard InChI is InChI=1S/C9H17N3O3Si.K/c1-16(2,3)5-4-15-7-12-8(9(13)14)10-6-11-12;/h6H,4-5,7H2,1-3H3,(H,13,14);/q;+1/p-1. The number of carboxylic acids is 1.